The standard InChI is InChI=1S/C22H22N2O5/c1-14-4-3-5-19(10-14)24-12-17(11-21(24)27)22(28)29-13-20(26)23-18-8-6-16(7-9-18)15(2)25/h3-10,17H,11-13H2,1-2H3,(H,23,26)/t17-/m1/s1. The third-order valence-corrected chi connectivity index (χ3v) is 4.69. The van der Waals surface area contributed by atoms with Gasteiger partial charge in [0.15, 0.2) is 12.4 Å². The van der Waals surface area contributed by atoms with Crippen LogP contribution in [0.1, 0.15) is 29.3 Å². The lowest BCUT2D eigenvalue weighted by Gasteiger charge is -2.17. The molecule has 0 bridgehead atoms. The molecule has 0 spiro atoms. The van der Waals surface area contributed by atoms with Gasteiger partial charge in [-0.05, 0) is 55.8 Å². The lowest BCUT2D eigenvalue weighted by atomic mass is 10.1. The molecule has 1 atom stereocenters. The van der Waals surface area contributed by atoms with Crippen LogP contribution in [-0.2, 0) is 19.1 Å². The average Bonchev–Trinajstić information content (AvgIpc) is 3.08. The summed E-state index contributed by atoms with van der Waals surface area (Å²) in [6, 6.07) is 13.9. The highest BCUT2D eigenvalue weighted by molar-refractivity contribution is 6.00. The number of rotatable bonds is 6. The largest absolute Gasteiger partial charge is 0.455 e. The van der Waals surface area contributed by atoms with Crippen LogP contribution in [0.15, 0.2) is 48.5 Å². The van der Waals surface area contributed by atoms with Crippen LogP contribution in [0.4, 0.5) is 11.4 Å². The smallest absolute Gasteiger partial charge is 0.311 e. The first-order valence-corrected chi connectivity index (χ1v) is 9.28. The van der Waals surface area contributed by atoms with Gasteiger partial charge in [-0.3, -0.25) is 19.2 Å². The monoisotopic (exact) mass is 394 g/mol. The second kappa shape index (κ2) is 8.68. The molecule has 150 valence electrons. The lowest BCUT2D eigenvalue weighted by Crippen LogP contribution is -2.28. The first-order chi connectivity index (χ1) is 13.8. The van der Waals surface area contributed by atoms with Gasteiger partial charge in [0.2, 0.25) is 5.91 Å². The highest BCUT2D eigenvalue weighted by Gasteiger charge is 2.36. The summed E-state index contributed by atoms with van der Waals surface area (Å²) in [4.78, 5) is 49.4. The summed E-state index contributed by atoms with van der Waals surface area (Å²) in [6.07, 6.45) is 0.0565. The Hall–Kier alpha value is -3.48. The number of Topliss-reactive ketones (excluding diaryl/α,β-unsaturated/α-hetero) is 1. The molecule has 1 N–H and O–H groups in total. The Kier molecular flexibility index (Phi) is 6.07. The van der Waals surface area contributed by atoms with Crippen molar-refractivity contribution >= 4 is 34.9 Å². The minimum Gasteiger partial charge on any atom is -0.455 e. The number of amides is 2. The van der Waals surface area contributed by atoms with Crippen molar-refractivity contribution in [1.29, 1.82) is 0 Å². The van der Waals surface area contributed by atoms with Gasteiger partial charge in [0.25, 0.3) is 5.91 Å². The van der Waals surface area contributed by atoms with Crippen molar-refractivity contribution in [2.24, 2.45) is 5.92 Å². The van der Waals surface area contributed by atoms with Gasteiger partial charge < -0.3 is 15.0 Å². The van der Waals surface area contributed by atoms with Gasteiger partial charge in [0, 0.05) is 29.9 Å². The molecular weight excluding hydrogens is 372 g/mol. The predicted octanol–water partition coefficient (Wildman–Crippen LogP) is 2.73. The Morgan fingerprint density at radius 2 is 1.86 bits per heavy atom. The number of hydrogen-bond acceptors (Lipinski definition) is 5. The summed E-state index contributed by atoms with van der Waals surface area (Å²) in [5.41, 5.74) is 2.81. The summed E-state index contributed by atoms with van der Waals surface area (Å²) >= 11 is 0. The molecule has 0 radical (unpaired) electrons. The minimum absolute atomic E-state index is 0.0565. The summed E-state index contributed by atoms with van der Waals surface area (Å²) in [5.74, 6) is -1.88. The molecule has 2 amide bonds. The van der Waals surface area contributed by atoms with Crippen LogP contribution in [0.2, 0.25) is 0 Å². The zero-order chi connectivity index (χ0) is 21.0. The third-order valence-electron chi connectivity index (χ3n) is 4.69. The molecule has 1 saturated heterocycles. The molecule has 29 heavy (non-hydrogen) atoms. The zero-order valence-corrected chi connectivity index (χ0v) is 16.3. The zero-order valence-electron chi connectivity index (χ0n) is 16.3. The van der Waals surface area contributed by atoms with E-state index >= 15 is 0 Å². The SMILES string of the molecule is CC(=O)c1ccc(NC(=O)COC(=O)[C@@H]2CC(=O)N(c3cccc(C)c3)C2)cc1. The molecule has 0 aliphatic carbocycles. The Labute approximate surface area is 168 Å². The summed E-state index contributed by atoms with van der Waals surface area (Å²) in [6.45, 7) is 3.18. The second-order valence-electron chi connectivity index (χ2n) is 7.03. The third kappa shape index (κ3) is 5.07. The van der Waals surface area contributed by atoms with E-state index in [2.05, 4.69) is 5.32 Å². The van der Waals surface area contributed by atoms with Crippen molar-refractivity contribution in [2.45, 2.75) is 20.3 Å². The van der Waals surface area contributed by atoms with Crippen molar-refractivity contribution in [3.8, 4) is 0 Å². The Balaban J connectivity index is 1.51. The maximum Gasteiger partial charge on any atom is 0.311 e. The van der Waals surface area contributed by atoms with E-state index in [9.17, 15) is 19.2 Å². The molecule has 1 aliphatic rings. The van der Waals surface area contributed by atoms with Gasteiger partial charge >= 0.3 is 5.97 Å². The molecule has 3 rings (SSSR count). The fourth-order valence-electron chi connectivity index (χ4n) is 3.15. The number of carbonyl (C=O) groups excluding carboxylic acids is 4. The van der Waals surface area contributed by atoms with Crippen molar-refractivity contribution in [2.75, 3.05) is 23.4 Å². The van der Waals surface area contributed by atoms with E-state index in [0.717, 1.165) is 11.3 Å². The number of benzene rings is 2. The van der Waals surface area contributed by atoms with Crippen LogP contribution in [0.25, 0.3) is 0 Å². The van der Waals surface area contributed by atoms with Crippen LogP contribution in [0.5, 0.6) is 0 Å². The Morgan fingerprint density at radius 1 is 1.14 bits per heavy atom. The van der Waals surface area contributed by atoms with Crippen molar-refractivity contribution in [3.05, 3.63) is 59.7 Å². The van der Waals surface area contributed by atoms with Gasteiger partial charge in [-0.1, -0.05) is 12.1 Å². The molecule has 0 unspecified atom stereocenters. The summed E-state index contributed by atoms with van der Waals surface area (Å²) in [5, 5.41) is 2.60. The highest BCUT2D eigenvalue weighted by Crippen LogP contribution is 2.26. The van der Waals surface area contributed by atoms with E-state index in [-0.39, 0.29) is 24.7 Å². The van der Waals surface area contributed by atoms with Crippen molar-refractivity contribution < 1.29 is 23.9 Å². The molecule has 0 aromatic heterocycles. The van der Waals surface area contributed by atoms with Crippen molar-refractivity contribution in [3.63, 3.8) is 0 Å². The molecule has 1 fully saturated rings. The molecule has 7 nitrogen and oxygen atoms in total. The van der Waals surface area contributed by atoms with Crippen LogP contribution >= 0.6 is 0 Å². The van der Waals surface area contributed by atoms with Gasteiger partial charge in [-0.15, -0.1) is 0 Å². The molecule has 0 saturated carbocycles. The van der Waals surface area contributed by atoms with Crippen LogP contribution in [0, 0.1) is 12.8 Å². The number of nitrogens with zero attached hydrogens (tertiary/aromatic N) is 1. The Morgan fingerprint density at radius 3 is 2.52 bits per heavy atom. The number of hydrogen-bond donors (Lipinski definition) is 1. The van der Waals surface area contributed by atoms with Gasteiger partial charge in [0.05, 0.1) is 5.92 Å². The van der Waals surface area contributed by atoms with Gasteiger partial charge in [0.1, 0.15) is 0 Å². The molecule has 2 aromatic rings. The van der Waals surface area contributed by atoms with E-state index in [0.29, 0.717) is 11.3 Å². The number of ether oxygens (including phenoxy) is 1. The maximum atomic E-state index is 12.3. The fourth-order valence-corrected chi connectivity index (χ4v) is 3.15. The second-order valence-corrected chi connectivity index (χ2v) is 7.03. The van der Waals surface area contributed by atoms with E-state index < -0.39 is 24.4 Å². The van der Waals surface area contributed by atoms with Crippen LogP contribution < -0.4 is 10.2 Å². The first kappa shape index (κ1) is 20.3. The van der Waals surface area contributed by atoms with Gasteiger partial charge in [-0.2, -0.15) is 0 Å². The van der Waals surface area contributed by atoms with Crippen LogP contribution in [-0.4, -0.2) is 36.7 Å². The maximum absolute atomic E-state index is 12.3. The highest BCUT2D eigenvalue weighted by atomic mass is 16.5. The number of anilines is 2. The number of ketones is 1. The lowest BCUT2D eigenvalue weighted by molar-refractivity contribution is -0.151. The number of esters is 1. The minimum atomic E-state index is -0.606. The summed E-state index contributed by atoms with van der Waals surface area (Å²) in [7, 11) is 0. The molecular formula is C22H22N2O5. The topological polar surface area (TPSA) is 92.8 Å². The normalized spacial score (nSPS) is 15.9. The van der Waals surface area contributed by atoms with E-state index in [1.807, 2.05) is 31.2 Å². The molecule has 1 aliphatic heterocycles. The summed E-state index contributed by atoms with van der Waals surface area (Å²) < 4.78 is 5.09. The van der Waals surface area contributed by atoms with E-state index in [4.69, 9.17) is 4.74 Å². The Bertz CT molecular complexity index is 952. The average molecular weight is 394 g/mol. The van der Waals surface area contributed by atoms with E-state index in [1.165, 1.54) is 6.92 Å². The van der Waals surface area contributed by atoms with Crippen molar-refractivity contribution in [1.82, 2.24) is 0 Å². The quantitative estimate of drug-likeness (QED) is 0.601. The number of nitrogens with one attached hydrogen (secondary N) is 1. The number of carbonyl (C=O) groups is 4. The predicted molar refractivity (Wildman–Crippen MR) is 108 cm³/mol. The molecule has 2 aromatic carbocycles. The van der Waals surface area contributed by atoms with Gasteiger partial charge in [-0.25, -0.2) is 0 Å². The fraction of sp³-hybridized carbons (Fsp3) is 0.273. The van der Waals surface area contributed by atoms with E-state index in [1.54, 1.807) is 29.2 Å². The molecule has 7 heteroatoms. The van der Waals surface area contributed by atoms with Crippen LogP contribution in [0.3, 0.4) is 0 Å². The number of aryl methyl sites for hydroxylation is 1. The molecule has 1 heterocycles. The first-order valence-electron chi connectivity index (χ1n) is 9.28.